The molecular formula is C15H25ClN2O. The third kappa shape index (κ3) is 5.49. The van der Waals surface area contributed by atoms with Gasteiger partial charge in [0.25, 0.3) is 0 Å². The van der Waals surface area contributed by atoms with Crippen molar-refractivity contribution in [1.82, 2.24) is 10.2 Å². The van der Waals surface area contributed by atoms with Crippen molar-refractivity contribution >= 4 is 11.6 Å². The van der Waals surface area contributed by atoms with Crippen LogP contribution in [0.4, 0.5) is 0 Å². The number of aliphatic hydroxyl groups excluding tert-OH is 1. The van der Waals surface area contributed by atoms with Crippen molar-refractivity contribution in [3.8, 4) is 0 Å². The number of nitrogens with one attached hydrogen (secondary N) is 1. The summed E-state index contributed by atoms with van der Waals surface area (Å²) in [6.45, 7) is 6.20. The Morgan fingerprint density at radius 3 is 2.58 bits per heavy atom. The monoisotopic (exact) mass is 284 g/mol. The highest BCUT2D eigenvalue weighted by Crippen LogP contribution is 2.20. The second-order valence-corrected chi connectivity index (χ2v) is 5.47. The molecule has 0 bridgehead atoms. The molecule has 1 aromatic rings. The predicted molar refractivity (Wildman–Crippen MR) is 81.7 cm³/mol. The quantitative estimate of drug-likeness (QED) is 0.770. The van der Waals surface area contributed by atoms with Gasteiger partial charge in [-0.15, -0.1) is 0 Å². The summed E-state index contributed by atoms with van der Waals surface area (Å²) < 4.78 is 0. The van der Waals surface area contributed by atoms with Crippen molar-refractivity contribution in [3.63, 3.8) is 0 Å². The van der Waals surface area contributed by atoms with Crippen molar-refractivity contribution in [1.29, 1.82) is 0 Å². The SMILES string of the molecule is CNC(CCN(CCO)C(C)C)c1cccc(Cl)c1. The van der Waals surface area contributed by atoms with Gasteiger partial charge < -0.3 is 10.4 Å². The molecule has 0 radical (unpaired) electrons. The summed E-state index contributed by atoms with van der Waals surface area (Å²) in [6.07, 6.45) is 0.995. The van der Waals surface area contributed by atoms with Crippen molar-refractivity contribution in [2.75, 3.05) is 26.7 Å². The van der Waals surface area contributed by atoms with Gasteiger partial charge in [0.1, 0.15) is 0 Å². The van der Waals surface area contributed by atoms with Crippen LogP contribution in [-0.4, -0.2) is 42.8 Å². The van der Waals surface area contributed by atoms with Crippen molar-refractivity contribution in [2.24, 2.45) is 0 Å². The number of nitrogens with zero attached hydrogens (tertiary/aromatic N) is 1. The average Bonchev–Trinajstić information content (AvgIpc) is 2.38. The standard InChI is InChI=1S/C15H25ClN2O/c1-12(2)18(9-10-19)8-7-15(17-3)13-5-4-6-14(16)11-13/h4-6,11-12,15,17,19H,7-10H2,1-3H3. The van der Waals surface area contributed by atoms with Gasteiger partial charge in [0.05, 0.1) is 6.61 Å². The molecule has 2 N–H and O–H groups in total. The van der Waals surface area contributed by atoms with Gasteiger partial charge in [0.15, 0.2) is 0 Å². The molecule has 1 unspecified atom stereocenters. The topological polar surface area (TPSA) is 35.5 Å². The minimum Gasteiger partial charge on any atom is -0.395 e. The molecule has 1 atom stereocenters. The first-order chi connectivity index (χ1) is 9.08. The van der Waals surface area contributed by atoms with Crippen LogP contribution in [-0.2, 0) is 0 Å². The highest BCUT2D eigenvalue weighted by molar-refractivity contribution is 6.30. The van der Waals surface area contributed by atoms with Gasteiger partial charge >= 0.3 is 0 Å². The summed E-state index contributed by atoms with van der Waals surface area (Å²) in [7, 11) is 1.97. The first-order valence-corrected chi connectivity index (χ1v) is 7.24. The Hall–Kier alpha value is -0.610. The second-order valence-electron chi connectivity index (χ2n) is 5.04. The Balaban J connectivity index is 2.61. The molecule has 0 amide bonds. The number of hydrogen-bond donors (Lipinski definition) is 2. The van der Waals surface area contributed by atoms with Crippen LogP contribution in [0.5, 0.6) is 0 Å². The van der Waals surface area contributed by atoms with Crippen LogP contribution in [0.3, 0.4) is 0 Å². The van der Waals surface area contributed by atoms with E-state index in [-0.39, 0.29) is 6.61 Å². The lowest BCUT2D eigenvalue weighted by Crippen LogP contribution is -2.36. The van der Waals surface area contributed by atoms with Gasteiger partial charge in [0.2, 0.25) is 0 Å². The fourth-order valence-electron chi connectivity index (χ4n) is 2.25. The molecule has 0 aliphatic carbocycles. The van der Waals surface area contributed by atoms with Gasteiger partial charge in [-0.05, 0) is 45.0 Å². The molecule has 1 rings (SSSR count). The Morgan fingerprint density at radius 1 is 1.32 bits per heavy atom. The fourth-order valence-corrected chi connectivity index (χ4v) is 2.45. The zero-order valence-corrected chi connectivity index (χ0v) is 12.8. The Labute approximate surface area is 121 Å². The lowest BCUT2D eigenvalue weighted by atomic mass is 10.0. The highest BCUT2D eigenvalue weighted by Gasteiger charge is 2.14. The summed E-state index contributed by atoms with van der Waals surface area (Å²) in [4.78, 5) is 2.29. The maximum atomic E-state index is 9.09. The molecule has 19 heavy (non-hydrogen) atoms. The van der Waals surface area contributed by atoms with E-state index in [1.165, 1.54) is 5.56 Å². The van der Waals surface area contributed by atoms with E-state index in [1.807, 2.05) is 25.2 Å². The van der Waals surface area contributed by atoms with Gasteiger partial charge in [-0.25, -0.2) is 0 Å². The van der Waals surface area contributed by atoms with E-state index in [1.54, 1.807) is 0 Å². The largest absolute Gasteiger partial charge is 0.395 e. The summed E-state index contributed by atoms with van der Waals surface area (Å²) in [6, 6.07) is 8.72. The Bertz CT molecular complexity index is 371. The van der Waals surface area contributed by atoms with Crippen molar-refractivity contribution < 1.29 is 5.11 Å². The summed E-state index contributed by atoms with van der Waals surface area (Å²) in [5.41, 5.74) is 1.21. The van der Waals surface area contributed by atoms with E-state index >= 15 is 0 Å². The average molecular weight is 285 g/mol. The van der Waals surface area contributed by atoms with Crippen LogP contribution < -0.4 is 5.32 Å². The molecule has 4 heteroatoms. The first-order valence-electron chi connectivity index (χ1n) is 6.86. The van der Waals surface area contributed by atoms with Crippen molar-refractivity contribution in [3.05, 3.63) is 34.9 Å². The molecule has 3 nitrogen and oxygen atoms in total. The van der Waals surface area contributed by atoms with E-state index in [0.29, 0.717) is 12.1 Å². The van der Waals surface area contributed by atoms with Gasteiger partial charge in [0, 0.05) is 30.2 Å². The zero-order valence-electron chi connectivity index (χ0n) is 12.1. The number of benzene rings is 1. The van der Waals surface area contributed by atoms with E-state index in [4.69, 9.17) is 16.7 Å². The smallest absolute Gasteiger partial charge is 0.0558 e. The molecule has 0 spiro atoms. The molecule has 0 aliphatic heterocycles. The minimum absolute atomic E-state index is 0.208. The first kappa shape index (κ1) is 16.4. The lowest BCUT2D eigenvalue weighted by Gasteiger charge is -2.28. The lowest BCUT2D eigenvalue weighted by molar-refractivity contribution is 0.160. The number of hydrogen-bond acceptors (Lipinski definition) is 3. The van der Waals surface area contributed by atoms with Crippen LogP contribution in [0.25, 0.3) is 0 Å². The number of rotatable bonds is 8. The molecule has 0 saturated carbocycles. The third-order valence-corrected chi connectivity index (χ3v) is 3.66. The number of halogens is 1. The third-order valence-electron chi connectivity index (χ3n) is 3.42. The molecule has 0 saturated heterocycles. The van der Waals surface area contributed by atoms with Crippen LogP contribution in [0.1, 0.15) is 31.9 Å². The normalized spacial score (nSPS) is 13.2. The Kier molecular flexibility index (Phi) is 7.39. The van der Waals surface area contributed by atoms with Crippen LogP contribution in [0, 0.1) is 0 Å². The van der Waals surface area contributed by atoms with E-state index in [9.17, 15) is 0 Å². The molecular weight excluding hydrogens is 260 g/mol. The van der Waals surface area contributed by atoms with Crippen LogP contribution in [0.2, 0.25) is 5.02 Å². The molecule has 0 aromatic heterocycles. The van der Waals surface area contributed by atoms with E-state index in [2.05, 4.69) is 30.1 Å². The maximum Gasteiger partial charge on any atom is 0.0558 e. The van der Waals surface area contributed by atoms with Crippen LogP contribution in [0.15, 0.2) is 24.3 Å². The fraction of sp³-hybridized carbons (Fsp3) is 0.600. The molecule has 108 valence electrons. The van der Waals surface area contributed by atoms with Crippen molar-refractivity contribution in [2.45, 2.75) is 32.4 Å². The highest BCUT2D eigenvalue weighted by atomic mass is 35.5. The van der Waals surface area contributed by atoms with Gasteiger partial charge in [-0.1, -0.05) is 23.7 Å². The van der Waals surface area contributed by atoms with Gasteiger partial charge in [-0.3, -0.25) is 4.90 Å². The zero-order chi connectivity index (χ0) is 14.3. The maximum absolute atomic E-state index is 9.09. The molecule has 0 heterocycles. The Morgan fingerprint density at radius 2 is 2.05 bits per heavy atom. The second kappa shape index (κ2) is 8.54. The predicted octanol–water partition coefficient (Wildman–Crippen LogP) is 2.69. The molecule has 0 aliphatic rings. The minimum atomic E-state index is 0.208. The number of aliphatic hydroxyl groups is 1. The molecule has 1 aromatic carbocycles. The van der Waals surface area contributed by atoms with E-state index < -0.39 is 0 Å². The van der Waals surface area contributed by atoms with E-state index in [0.717, 1.165) is 24.5 Å². The summed E-state index contributed by atoms with van der Waals surface area (Å²) in [5.74, 6) is 0. The van der Waals surface area contributed by atoms with Crippen LogP contribution >= 0.6 is 11.6 Å². The summed E-state index contributed by atoms with van der Waals surface area (Å²) in [5, 5.41) is 13.2. The van der Waals surface area contributed by atoms with Gasteiger partial charge in [-0.2, -0.15) is 0 Å². The summed E-state index contributed by atoms with van der Waals surface area (Å²) >= 11 is 6.04. The molecule has 0 fully saturated rings.